The summed E-state index contributed by atoms with van der Waals surface area (Å²) in [4.78, 5) is 26.1. The summed E-state index contributed by atoms with van der Waals surface area (Å²) in [5, 5.41) is 20.4. The van der Waals surface area contributed by atoms with Gasteiger partial charge in [0.05, 0.1) is 40.4 Å². The third kappa shape index (κ3) is 5.56. The Balaban J connectivity index is 2.14. The first-order valence-corrected chi connectivity index (χ1v) is 11.3. The zero-order valence-corrected chi connectivity index (χ0v) is 21.0. The number of aromatic hydroxyl groups is 2. The van der Waals surface area contributed by atoms with Crippen molar-refractivity contribution in [3.63, 3.8) is 0 Å². The summed E-state index contributed by atoms with van der Waals surface area (Å²) in [5.41, 5.74) is 1.65. The molecule has 2 N–H and O–H groups in total. The van der Waals surface area contributed by atoms with Gasteiger partial charge in [-0.05, 0) is 54.8 Å². The number of hydrogen-bond donors (Lipinski definition) is 2. The van der Waals surface area contributed by atoms with E-state index in [1.807, 2.05) is 0 Å². The van der Waals surface area contributed by atoms with E-state index in [0.717, 1.165) is 5.56 Å². The van der Waals surface area contributed by atoms with Crippen molar-refractivity contribution in [3.05, 3.63) is 75.2 Å². The van der Waals surface area contributed by atoms with Crippen LogP contribution in [0.5, 0.6) is 28.7 Å². The first-order chi connectivity index (χ1) is 17.2. The normalized spacial score (nSPS) is 11.6. The Morgan fingerprint density at radius 2 is 1.56 bits per heavy atom. The number of carbonyl (C=O) groups is 1. The van der Waals surface area contributed by atoms with E-state index < -0.39 is 17.4 Å². The average molecular weight is 498 g/mol. The van der Waals surface area contributed by atoms with Crippen LogP contribution in [0.3, 0.4) is 0 Å². The maximum absolute atomic E-state index is 13.7. The predicted octanol–water partition coefficient (Wildman–Crippen LogP) is 3.53. The van der Waals surface area contributed by atoms with E-state index in [0.29, 0.717) is 41.5 Å². The van der Waals surface area contributed by atoms with Gasteiger partial charge in [-0.25, -0.2) is 0 Å². The largest absolute Gasteiger partial charge is 0.508 e. The molecular formula is C27H31NO8. The standard InChI is InChI=1S/C27H31NO8/c1-16-12-21(30)25(27(32)28(16)11-10-17-6-8-19(29)9-7-17)20(15-24(31)35-4)18-13-22(33-2)26(36-5)23(14-18)34-3/h6-9,12-14,20,29-30H,10-11,15H2,1-5H3/t20-/m1/s1. The zero-order valence-electron chi connectivity index (χ0n) is 21.0. The van der Waals surface area contributed by atoms with Crippen molar-refractivity contribution in [2.24, 2.45) is 0 Å². The van der Waals surface area contributed by atoms with Crippen LogP contribution in [0.25, 0.3) is 0 Å². The first kappa shape index (κ1) is 26.5. The molecule has 0 saturated carbocycles. The van der Waals surface area contributed by atoms with Gasteiger partial charge >= 0.3 is 5.97 Å². The van der Waals surface area contributed by atoms with E-state index in [1.54, 1.807) is 47.9 Å². The molecule has 3 aromatic rings. The minimum atomic E-state index is -0.848. The van der Waals surface area contributed by atoms with Crippen molar-refractivity contribution in [1.29, 1.82) is 0 Å². The highest BCUT2D eigenvalue weighted by Gasteiger charge is 2.29. The van der Waals surface area contributed by atoms with E-state index in [-0.39, 0.29) is 23.5 Å². The highest BCUT2D eigenvalue weighted by molar-refractivity contribution is 5.72. The van der Waals surface area contributed by atoms with Crippen LogP contribution in [0.4, 0.5) is 0 Å². The van der Waals surface area contributed by atoms with Crippen LogP contribution in [0.1, 0.15) is 34.7 Å². The number of carbonyl (C=O) groups excluding carboxylic acids is 1. The molecule has 2 aromatic carbocycles. The second-order valence-electron chi connectivity index (χ2n) is 8.25. The monoisotopic (exact) mass is 497 g/mol. The van der Waals surface area contributed by atoms with Crippen LogP contribution in [0.2, 0.25) is 0 Å². The van der Waals surface area contributed by atoms with E-state index in [9.17, 15) is 19.8 Å². The van der Waals surface area contributed by atoms with Crippen molar-refractivity contribution in [3.8, 4) is 28.7 Å². The molecule has 1 atom stereocenters. The number of nitrogens with zero attached hydrogens (tertiary/aromatic N) is 1. The number of hydrogen-bond acceptors (Lipinski definition) is 8. The van der Waals surface area contributed by atoms with Crippen LogP contribution in [-0.4, -0.2) is 49.2 Å². The Morgan fingerprint density at radius 1 is 0.944 bits per heavy atom. The lowest BCUT2D eigenvalue weighted by atomic mass is 9.87. The Labute approximate surface area is 209 Å². The first-order valence-electron chi connectivity index (χ1n) is 11.3. The molecule has 9 nitrogen and oxygen atoms in total. The molecule has 0 unspecified atom stereocenters. The maximum atomic E-state index is 13.7. The molecule has 0 bridgehead atoms. The van der Waals surface area contributed by atoms with Gasteiger partial charge in [-0.15, -0.1) is 0 Å². The number of benzene rings is 2. The van der Waals surface area contributed by atoms with E-state index in [2.05, 4.69) is 0 Å². The number of rotatable bonds is 10. The SMILES string of the molecule is COC(=O)C[C@H](c1cc(OC)c(OC)c(OC)c1)c1c(O)cc(C)n(CCc2ccc(O)cc2)c1=O. The Morgan fingerprint density at radius 3 is 2.08 bits per heavy atom. The van der Waals surface area contributed by atoms with Crippen LogP contribution >= 0.6 is 0 Å². The fraction of sp³-hybridized carbons (Fsp3) is 0.333. The second kappa shape index (κ2) is 11.5. The molecule has 0 aliphatic carbocycles. The summed E-state index contributed by atoms with van der Waals surface area (Å²) in [6.07, 6.45) is 0.329. The van der Waals surface area contributed by atoms with Crippen LogP contribution in [0.15, 0.2) is 47.3 Å². The number of aryl methyl sites for hydroxylation is 2. The number of pyridine rings is 1. The number of ether oxygens (including phenoxy) is 4. The molecule has 9 heteroatoms. The van der Waals surface area contributed by atoms with Gasteiger partial charge in [0.25, 0.3) is 5.56 Å². The third-order valence-electron chi connectivity index (χ3n) is 6.12. The molecule has 0 fully saturated rings. The van der Waals surface area contributed by atoms with Gasteiger partial charge < -0.3 is 33.7 Å². The summed E-state index contributed by atoms with van der Waals surface area (Å²) >= 11 is 0. The molecule has 3 rings (SSSR count). The van der Waals surface area contributed by atoms with Gasteiger partial charge in [0.1, 0.15) is 11.5 Å². The molecule has 0 amide bonds. The van der Waals surface area contributed by atoms with Crippen molar-refractivity contribution in [2.45, 2.75) is 32.2 Å². The van der Waals surface area contributed by atoms with Crippen molar-refractivity contribution in [2.75, 3.05) is 28.4 Å². The number of phenols is 1. The summed E-state index contributed by atoms with van der Waals surface area (Å²) in [5.74, 6) is -0.402. The molecule has 0 radical (unpaired) electrons. The molecule has 36 heavy (non-hydrogen) atoms. The summed E-state index contributed by atoms with van der Waals surface area (Å²) in [6, 6.07) is 11.5. The van der Waals surface area contributed by atoms with Crippen LogP contribution < -0.4 is 19.8 Å². The minimum Gasteiger partial charge on any atom is -0.508 e. The minimum absolute atomic E-state index is 0.0611. The fourth-order valence-corrected chi connectivity index (χ4v) is 4.22. The van der Waals surface area contributed by atoms with E-state index >= 15 is 0 Å². The summed E-state index contributed by atoms with van der Waals surface area (Å²) in [6.45, 7) is 2.07. The lowest BCUT2D eigenvalue weighted by molar-refractivity contribution is -0.140. The lowest BCUT2D eigenvalue weighted by Gasteiger charge is -2.22. The highest BCUT2D eigenvalue weighted by atomic mass is 16.5. The third-order valence-corrected chi connectivity index (χ3v) is 6.12. The van der Waals surface area contributed by atoms with E-state index in [4.69, 9.17) is 18.9 Å². The Hall–Kier alpha value is -4.14. The van der Waals surface area contributed by atoms with Gasteiger partial charge in [0, 0.05) is 18.2 Å². The van der Waals surface area contributed by atoms with Gasteiger partial charge in [-0.3, -0.25) is 9.59 Å². The molecule has 0 aliphatic rings. The quantitative estimate of drug-likeness (QED) is 0.409. The molecule has 192 valence electrons. The van der Waals surface area contributed by atoms with Crippen molar-refractivity contribution < 1.29 is 34.0 Å². The number of methoxy groups -OCH3 is 4. The van der Waals surface area contributed by atoms with Crippen LogP contribution in [0, 0.1) is 6.92 Å². The predicted molar refractivity (Wildman–Crippen MR) is 133 cm³/mol. The Kier molecular flexibility index (Phi) is 8.47. The van der Waals surface area contributed by atoms with Crippen molar-refractivity contribution >= 4 is 5.97 Å². The fourth-order valence-electron chi connectivity index (χ4n) is 4.22. The van der Waals surface area contributed by atoms with Crippen molar-refractivity contribution in [1.82, 2.24) is 4.57 Å². The average Bonchev–Trinajstić information content (AvgIpc) is 2.87. The lowest BCUT2D eigenvalue weighted by Crippen LogP contribution is -2.29. The Bertz CT molecular complexity index is 1260. The smallest absolute Gasteiger partial charge is 0.306 e. The summed E-state index contributed by atoms with van der Waals surface area (Å²) in [7, 11) is 5.68. The van der Waals surface area contributed by atoms with Gasteiger partial charge in [0.15, 0.2) is 11.5 Å². The molecule has 0 saturated heterocycles. The zero-order chi connectivity index (χ0) is 26.4. The van der Waals surface area contributed by atoms with Gasteiger partial charge in [-0.1, -0.05) is 12.1 Å². The number of phenolic OH excluding ortho intramolecular Hbond substituents is 1. The highest BCUT2D eigenvalue weighted by Crippen LogP contribution is 2.43. The molecule has 1 heterocycles. The second-order valence-corrected chi connectivity index (χ2v) is 8.25. The molecule has 1 aromatic heterocycles. The van der Waals surface area contributed by atoms with Crippen LogP contribution in [-0.2, 0) is 22.5 Å². The van der Waals surface area contributed by atoms with Gasteiger partial charge in [-0.2, -0.15) is 0 Å². The molecular weight excluding hydrogens is 466 g/mol. The van der Waals surface area contributed by atoms with Gasteiger partial charge in [0.2, 0.25) is 5.75 Å². The maximum Gasteiger partial charge on any atom is 0.306 e. The number of esters is 1. The number of aromatic nitrogens is 1. The molecule has 0 spiro atoms. The topological polar surface area (TPSA) is 116 Å². The molecule has 0 aliphatic heterocycles. The van der Waals surface area contributed by atoms with E-state index in [1.165, 1.54) is 34.5 Å². The summed E-state index contributed by atoms with van der Waals surface area (Å²) < 4.78 is 22.7.